The number of nitrogens with zero attached hydrogens (tertiary/aromatic N) is 1. The Morgan fingerprint density at radius 3 is 2.65 bits per heavy atom. The molecule has 17 heavy (non-hydrogen) atoms. The highest BCUT2D eigenvalue weighted by Gasteiger charge is 2.25. The van der Waals surface area contributed by atoms with Crippen LogP contribution in [0.2, 0.25) is 0 Å². The van der Waals surface area contributed by atoms with Crippen molar-refractivity contribution in [2.24, 2.45) is 0 Å². The van der Waals surface area contributed by atoms with E-state index in [4.69, 9.17) is 11.6 Å². The van der Waals surface area contributed by atoms with Gasteiger partial charge in [0.05, 0.1) is 0 Å². The Kier molecular flexibility index (Phi) is 4.35. The van der Waals surface area contributed by atoms with Crippen LogP contribution in [0.25, 0.3) is 0 Å². The topological polar surface area (TPSA) is 3.24 Å². The van der Waals surface area contributed by atoms with Crippen molar-refractivity contribution in [3.63, 3.8) is 0 Å². The quantitative estimate of drug-likeness (QED) is 0.731. The summed E-state index contributed by atoms with van der Waals surface area (Å²) in [4.78, 5) is 2.15. The molecule has 2 rings (SSSR count). The summed E-state index contributed by atoms with van der Waals surface area (Å²) in [5.74, 6) is -0.985. The van der Waals surface area contributed by atoms with E-state index in [0.717, 1.165) is 25.5 Å². The van der Waals surface area contributed by atoms with Crippen LogP contribution in [0, 0.1) is 11.6 Å². The molecule has 1 aromatic rings. The van der Waals surface area contributed by atoms with Crippen molar-refractivity contribution in [2.75, 3.05) is 12.4 Å². The zero-order valence-electron chi connectivity index (χ0n) is 9.63. The molecule has 1 saturated carbocycles. The molecule has 1 aliphatic carbocycles. The average molecular weight is 260 g/mol. The zero-order valence-corrected chi connectivity index (χ0v) is 10.4. The fourth-order valence-corrected chi connectivity index (χ4v) is 2.36. The van der Waals surface area contributed by atoms with Gasteiger partial charge in [-0.15, -0.1) is 11.6 Å². The number of halogens is 3. The number of rotatable bonds is 5. The van der Waals surface area contributed by atoms with E-state index in [9.17, 15) is 8.78 Å². The lowest BCUT2D eigenvalue weighted by Gasteiger charge is -2.37. The molecule has 0 amide bonds. The fourth-order valence-electron chi connectivity index (χ4n) is 2.14. The molecule has 0 spiro atoms. The molecule has 0 saturated heterocycles. The monoisotopic (exact) mass is 259 g/mol. The van der Waals surface area contributed by atoms with Crippen LogP contribution in [-0.2, 0) is 6.54 Å². The highest BCUT2D eigenvalue weighted by atomic mass is 35.5. The molecule has 1 nitrogen and oxygen atoms in total. The maximum absolute atomic E-state index is 13.6. The number of alkyl halides is 1. The first-order valence-corrected chi connectivity index (χ1v) is 6.48. The molecule has 0 heterocycles. The van der Waals surface area contributed by atoms with Gasteiger partial charge >= 0.3 is 0 Å². The second kappa shape index (κ2) is 5.78. The maximum atomic E-state index is 13.6. The van der Waals surface area contributed by atoms with Crippen LogP contribution in [0.4, 0.5) is 8.78 Å². The average Bonchev–Trinajstić information content (AvgIpc) is 2.22. The Morgan fingerprint density at radius 2 is 2.06 bits per heavy atom. The van der Waals surface area contributed by atoms with Crippen molar-refractivity contribution in [1.29, 1.82) is 0 Å². The summed E-state index contributed by atoms with van der Waals surface area (Å²) in [6.07, 6.45) is 3.48. The normalized spacial score (nSPS) is 16.2. The summed E-state index contributed by atoms with van der Waals surface area (Å²) in [6, 6.07) is 4.82. The molecule has 0 radical (unpaired) electrons. The summed E-state index contributed by atoms with van der Waals surface area (Å²) in [5.41, 5.74) is 0.419. The van der Waals surface area contributed by atoms with E-state index in [-0.39, 0.29) is 0 Å². The van der Waals surface area contributed by atoms with E-state index in [1.165, 1.54) is 6.42 Å². The molecule has 0 unspecified atom stereocenters. The van der Waals surface area contributed by atoms with Gasteiger partial charge in [0, 0.05) is 30.6 Å². The van der Waals surface area contributed by atoms with Gasteiger partial charge in [0.2, 0.25) is 0 Å². The lowest BCUT2D eigenvalue weighted by molar-refractivity contribution is 0.125. The highest BCUT2D eigenvalue weighted by molar-refractivity contribution is 6.18. The third-order valence-electron chi connectivity index (χ3n) is 3.37. The van der Waals surface area contributed by atoms with Crippen molar-refractivity contribution in [2.45, 2.75) is 31.8 Å². The van der Waals surface area contributed by atoms with Crippen LogP contribution >= 0.6 is 11.6 Å². The van der Waals surface area contributed by atoms with Crippen LogP contribution in [0.1, 0.15) is 24.8 Å². The van der Waals surface area contributed by atoms with E-state index in [1.807, 2.05) is 0 Å². The minimum absolute atomic E-state index is 0.419. The van der Waals surface area contributed by atoms with Crippen LogP contribution in [0.15, 0.2) is 18.2 Å². The highest BCUT2D eigenvalue weighted by Crippen LogP contribution is 2.26. The van der Waals surface area contributed by atoms with Gasteiger partial charge in [0.15, 0.2) is 11.6 Å². The third-order valence-corrected chi connectivity index (χ3v) is 3.54. The summed E-state index contributed by atoms with van der Waals surface area (Å²) in [7, 11) is 0. The van der Waals surface area contributed by atoms with Crippen molar-refractivity contribution in [3.05, 3.63) is 35.4 Å². The Morgan fingerprint density at radius 1 is 1.29 bits per heavy atom. The fraction of sp³-hybridized carbons (Fsp3) is 0.538. The van der Waals surface area contributed by atoms with Gasteiger partial charge in [0.1, 0.15) is 0 Å². The molecular formula is C13H16ClF2N. The van der Waals surface area contributed by atoms with Crippen molar-refractivity contribution < 1.29 is 8.78 Å². The first-order valence-electron chi connectivity index (χ1n) is 5.95. The molecule has 0 aromatic heterocycles. The van der Waals surface area contributed by atoms with Gasteiger partial charge in [0.25, 0.3) is 0 Å². The predicted molar refractivity (Wildman–Crippen MR) is 65.1 cm³/mol. The molecule has 0 aliphatic heterocycles. The Hall–Kier alpha value is -0.670. The van der Waals surface area contributed by atoms with Crippen LogP contribution in [-0.4, -0.2) is 23.4 Å². The summed E-state index contributed by atoms with van der Waals surface area (Å²) < 4.78 is 26.6. The first-order chi connectivity index (χ1) is 8.22. The number of benzene rings is 1. The van der Waals surface area contributed by atoms with E-state index < -0.39 is 11.6 Å². The summed E-state index contributed by atoms with van der Waals surface area (Å²) >= 11 is 5.75. The van der Waals surface area contributed by atoms with Crippen LogP contribution in [0.3, 0.4) is 0 Å². The van der Waals surface area contributed by atoms with Crippen LogP contribution in [0.5, 0.6) is 0 Å². The number of hydrogen-bond donors (Lipinski definition) is 0. The Labute approximate surface area is 105 Å². The smallest absolute Gasteiger partial charge is 0.163 e. The number of hydrogen-bond acceptors (Lipinski definition) is 1. The zero-order chi connectivity index (χ0) is 12.3. The van der Waals surface area contributed by atoms with Crippen molar-refractivity contribution in [3.8, 4) is 0 Å². The molecule has 1 fully saturated rings. The van der Waals surface area contributed by atoms with Gasteiger partial charge in [-0.05, 0) is 18.9 Å². The molecule has 0 atom stereocenters. The SMILES string of the molecule is Fc1cccc(CN(CCCl)C2CCC2)c1F. The molecule has 0 bridgehead atoms. The second-order valence-corrected chi connectivity index (χ2v) is 4.84. The predicted octanol–water partition coefficient (Wildman–Crippen LogP) is 3.56. The molecule has 4 heteroatoms. The standard InChI is InChI=1S/C13H16ClF2N/c14-7-8-17(11-4-2-5-11)9-10-3-1-6-12(15)13(10)16/h1,3,6,11H,2,4-5,7-9H2. The van der Waals surface area contributed by atoms with Crippen molar-refractivity contribution >= 4 is 11.6 Å². The molecule has 94 valence electrons. The maximum Gasteiger partial charge on any atom is 0.163 e. The van der Waals surface area contributed by atoms with E-state index in [0.29, 0.717) is 24.0 Å². The minimum atomic E-state index is -0.776. The molecule has 0 N–H and O–H groups in total. The third kappa shape index (κ3) is 2.96. The Balaban J connectivity index is 2.08. The van der Waals surface area contributed by atoms with E-state index >= 15 is 0 Å². The van der Waals surface area contributed by atoms with E-state index in [2.05, 4.69) is 4.90 Å². The van der Waals surface area contributed by atoms with Gasteiger partial charge in [-0.2, -0.15) is 0 Å². The van der Waals surface area contributed by atoms with Gasteiger partial charge in [-0.3, -0.25) is 4.90 Å². The summed E-state index contributed by atoms with van der Waals surface area (Å²) in [6.45, 7) is 1.17. The van der Waals surface area contributed by atoms with E-state index in [1.54, 1.807) is 12.1 Å². The van der Waals surface area contributed by atoms with Gasteiger partial charge < -0.3 is 0 Å². The van der Waals surface area contributed by atoms with Crippen molar-refractivity contribution in [1.82, 2.24) is 4.90 Å². The van der Waals surface area contributed by atoms with Gasteiger partial charge in [-0.25, -0.2) is 8.78 Å². The molecule has 1 aromatic carbocycles. The molecular weight excluding hydrogens is 244 g/mol. The minimum Gasteiger partial charge on any atom is -0.295 e. The largest absolute Gasteiger partial charge is 0.295 e. The lowest BCUT2D eigenvalue weighted by atomic mass is 9.91. The summed E-state index contributed by atoms with van der Waals surface area (Å²) in [5, 5.41) is 0. The van der Waals surface area contributed by atoms with Crippen LogP contribution < -0.4 is 0 Å². The first kappa shape index (κ1) is 12.8. The second-order valence-electron chi connectivity index (χ2n) is 4.46. The lowest BCUT2D eigenvalue weighted by Crippen LogP contribution is -2.40. The Bertz CT molecular complexity index is 380. The van der Waals surface area contributed by atoms with Gasteiger partial charge in [-0.1, -0.05) is 18.6 Å². The molecule has 1 aliphatic rings.